The van der Waals surface area contributed by atoms with Gasteiger partial charge in [0.1, 0.15) is 17.2 Å². The molecule has 4 heteroatoms. The Labute approximate surface area is 210 Å². The van der Waals surface area contributed by atoms with Crippen LogP contribution in [0.4, 0.5) is 0 Å². The van der Waals surface area contributed by atoms with Crippen molar-refractivity contribution >= 4 is 9.90 Å². The molecule has 1 atom stereocenters. The van der Waals surface area contributed by atoms with Gasteiger partial charge in [0, 0.05) is 0 Å². The first-order valence-corrected chi connectivity index (χ1v) is 11.4. The van der Waals surface area contributed by atoms with Crippen molar-refractivity contribution in [3.63, 3.8) is 0 Å². The lowest BCUT2D eigenvalue weighted by molar-refractivity contribution is 0.470. The molecule has 0 fully saturated rings. The van der Waals surface area contributed by atoms with Crippen molar-refractivity contribution in [2.45, 2.75) is 78.6 Å². The van der Waals surface area contributed by atoms with E-state index in [9.17, 15) is 15.3 Å². The summed E-state index contributed by atoms with van der Waals surface area (Å²) in [4.78, 5) is 0. The van der Waals surface area contributed by atoms with Gasteiger partial charge in [0.15, 0.2) is 0 Å². The third-order valence-corrected chi connectivity index (χ3v) is 5.14. The number of benzene rings is 3. The molecule has 188 valence electrons. The Morgan fingerprint density at radius 2 is 0.618 bits per heavy atom. The van der Waals surface area contributed by atoms with Crippen LogP contribution in [0.2, 0.25) is 0 Å². The van der Waals surface area contributed by atoms with Gasteiger partial charge in [0.05, 0.1) is 0 Å². The minimum absolute atomic E-state index is 0. The highest BCUT2D eigenvalue weighted by Gasteiger charge is 2.14. The van der Waals surface area contributed by atoms with Crippen molar-refractivity contribution in [2.75, 3.05) is 0 Å². The third-order valence-electron chi connectivity index (χ3n) is 5.14. The third kappa shape index (κ3) is 11.6. The monoisotopic (exact) mass is 484 g/mol. The molecular formula is C30H45O3P. The van der Waals surface area contributed by atoms with Crippen LogP contribution in [0.15, 0.2) is 72.8 Å². The van der Waals surface area contributed by atoms with Gasteiger partial charge in [-0.05, 0) is 69.3 Å². The highest BCUT2D eigenvalue weighted by Crippen LogP contribution is 2.26. The number of aromatic hydroxyl groups is 3. The molecule has 3 rings (SSSR count). The van der Waals surface area contributed by atoms with E-state index in [4.69, 9.17) is 0 Å². The van der Waals surface area contributed by atoms with Gasteiger partial charge in [-0.25, -0.2) is 0 Å². The first kappa shape index (κ1) is 31.5. The molecule has 0 amide bonds. The molecule has 3 aromatic carbocycles. The zero-order valence-corrected chi connectivity index (χ0v) is 23.9. The Morgan fingerprint density at radius 3 is 0.735 bits per heavy atom. The lowest BCUT2D eigenvalue weighted by Gasteiger charge is -2.18. The van der Waals surface area contributed by atoms with E-state index in [-0.39, 0.29) is 26.1 Å². The van der Waals surface area contributed by atoms with Crippen molar-refractivity contribution in [1.29, 1.82) is 0 Å². The van der Waals surface area contributed by atoms with E-state index in [2.05, 4.69) is 62.3 Å². The second-order valence-electron chi connectivity index (χ2n) is 11.4. The molecule has 0 aromatic heterocycles. The van der Waals surface area contributed by atoms with E-state index < -0.39 is 0 Å². The molecule has 34 heavy (non-hydrogen) atoms. The summed E-state index contributed by atoms with van der Waals surface area (Å²) in [5.41, 5.74) is 3.86. The summed E-state index contributed by atoms with van der Waals surface area (Å²) in [6.07, 6.45) is 0. The average molecular weight is 485 g/mol. The summed E-state index contributed by atoms with van der Waals surface area (Å²) in [5.74, 6) is 1.03. The van der Waals surface area contributed by atoms with Gasteiger partial charge in [0.2, 0.25) is 0 Å². The number of rotatable bonds is 0. The van der Waals surface area contributed by atoms with E-state index in [1.807, 2.05) is 36.4 Å². The summed E-state index contributed by atoms with van der Waals surface area (Å²) in [6.45, 7) is 19.1. The van der Waals surface area contributed by atoms with Crippen LogP contribution in [0.3, 0.4) is 0 Å². The van der Waals surface area contributed by atoms with Crippen molar-refractivity contribution in [3.8, 4) is 17.2 Å². The molecule has 3 N–H and O–H groups in total. The van der Waals surface area contributed by atoms with Crippen LogP contribution < -0.4 is 0 Å². The summed E-state index contributed by atoms with van der Waals surface area (Å²) in [6, 6.07) is 22.2. The highest BCUT2D eigenvalue weighted by molar-refractivity contribution is 6.92. The van der Waals surface area contributed by atoms with Gasteiger partial charge < -0.3 is 15.3 Å². The maximum atomic E-state index is 9.18. The molecule has 0 bridgehead atoms. The zero-order valence-electron chi connectivity index (χ0n) is 22.5. The van der Waals surface area contributed by atoms with E-state index in [1.165, 1.54) is 0 Å². The lowest BCUT2D eigenvalue weighted by atomic mass is 9.87. The van der Waals surface area contributed by atoms with Crippen molar-refractivity contribution < 1.29 is 15.3 Å². The summed E-state index contributed by atoms with van der Waals surface area (Å²) >= 11 is 0. The minimum atomic E-state index is 0. The molecule has 0 aliphatic carbocycles. The highest BCUT2D eigenvalue weighted by atomic mass is 31.0. The maximum Gasteiger partial charge on any atom is 0.115 e. The molecule has 3 nitrogen and oxygen atoms in total. The molecule has 0 radical (unpaired) electrons. The van der Waals surface area contributed by atoms with Crippen LogP contribution >= 0.6 is 9.90 Å². The SMILES string of the molecule is CC(C)(C)c1cccc(O)c1.CC(C)(C)c1cccc(O)c1.CC(C)(C)c1cccc(O)c1.P. The van der Waals surface area contributed by atoms with Crippen LogP contribution in [0.25, 0.3) is 0 Å². The van der Waals surface area contributed by atoms with Gasteiger partial charge >= 0.3 is 0 Å². The molecule has 1 unspecified atom stereocenters. The van der Waals surface area contributed by atoms with Crippen molar-refractivity contribution in [2.24, 2.45) is 0 Å². The van der Waals surface area contributed by atoms with Crippen molar-refractivity contribution in [3.05, 3.63) is 89.5 Å². The molecular weight excluding hydrogens is 439 g/mol. The standard InChI is InChI=1S/3C10H14O.H3P/c3*1-10(2,3)8-5-4-6-9(11)7-8;/h3*4-7,11H,1-3H3;1H3. The van der Waals surface area contributed by atoms with Gasteiger partial charge in [-0.1, -0.05) is 98.7 Å². The second-order valence-corrected chi connectivity index (χ2v) is 11.4. The largest absolute Gasteiger partial charge is 0.508 e. The van der Waals surface area contributed by atoms with Gasteiger partial charge in [-0.15, -0.1) is 0 Å². The Hall–Kier alpha value is -2.51. The first-order valence-electron chi connectivity index (χ1n) is 11.4. The molecule has 0 saturated heterocycles. The van der Waals surface area contributed by atoms with E-state index in [0.29, 0.717) is 17.2 Å². The fourth-order valence-electron chi connectivity index (χ4n) is 2.92. The first-order chi connectivity index (χ1) is 15.0. The molecule has 0 spiro atoms. The normalized spacial score (nSPS) is 11.2. The summed E-state index contributed by atoms with van der Waals surface area (Å²) in [5, 5.41) is 27.5. The van der Waals surface area contributed by atoms with Crippen LogP contribution in [-0.4, -0.2) is 15.3 Å². The van der Waals surface area contributed by atoms with E-state index in [0.717, 1.165) is 16.7 Å². The van der Waals surface area contributed by atoms with E-state index >= 15 is 0 Å². The molecule has 0 aliphatic rings. The Balaban J connectivity index is 0.000000473. The quantitative estimate of drug-likeness (QED) is 0.282. The Morgan fingerprint density at radius 1 is 0.412 bits per heavy atom. The number of phenolic OH excluding ortho intramolecular Hbond substituents is 3. The number of hydrogen-bond acceptors (Lipinski definition) is 3. The van der Waals surface area contributed by atoms with Crippen LogP contribution in [0.5, 0.6) is 17.2 Å². The lowest BCUT2D eigenvalue weighted by Crippen LogP contribution is -2.10. The van der Waals surface area contributed by atoms with Gasteiger partial charge in [-0.3, -0.25) is 0 Å². The van der Waals surface area contributed by atoms with Crippen molar-refractivity contribution in [1.82, 2.24) is 0 Å². The molecule has 0 heterocycles. The van der Waals surface area contributed by atoms with Crippen LogP contribution in [-0.2, 0) is 16.2 Å². The summed E-state index contributed by atoms with van der Waals surface area (Å²) in [7, 11) is 0. The molecule has 3 aromatic rings. The number of hydrogen-bond donors (Lipinski definition) is 3. The predicted octanol–water partition coefficient (Wildman–Crippen LogP) is 8.13. The van der Waals surface area contributed by atoms with Crippen LogP contribution in [0.1, 0.15) is 79.0 Å². The van der Waals surface area contributed by atoms with Gasteiger partial charge in [0.25, 0.3) is 0 Å². The maximum absolute atomic E-state index is 9.18. The molecule has 0 aliphatic heterocycles. The second kappa shape index (κ2) is 12.8. The fourth-order valence-corrected chi connectivity index (χ4v) is 2.92. The Kier molecular flexibility index (Phi) is 11.9. The smallest absolute Gasteiger partial charge is 0.115 e. The zero-order chi connectivity index (χ0) is 25.4. The fraction of sp³-hybridized carbons (Fsp3) is 0.400. The molecule has 0 saturated carbocycles. The van der Waals surface area contributed by atoms with Gasteiger partial charge in [-0.2, -0.15) is 9.90 Å². The Bertz CT molecular complexity index is 874. The minimum Gasteiger partial charge on any atom is -0.508 e. The number of phenols is 3. The predicted molar refractivity (Wildman–Crippen MR) is 152 cm³/mol. The van der Waals surface area contributed by atoms with E-state index in [1.54, 1.807) is 36.4 Å². The average Bonchev–Trinajstić information content (AvgIpc) is 2.67. The topological polar surface area (TPSA) is 60.7 Å². The summed E-state index contributed by atoms with van der Waals surface area (Å²) < 4.78 is 0. The van der Waals surface area contributed by atoms with Crippen LogP contribution in [0, 0.1) is 0 Å².